The number of likely N-dealkylation sites (tertiary alicyclic amines) is 2. The molecule has 2 saturated heterocycles. The lowest BCUT2D eigenvalue weighted by atomic mass is 10.1. The van der Waals surface area contributed by atoms with Crippen molar-refractivity contribution in [2.24, 2.45) is 0 Å². The Balaban J connectivity index is 1.97. The molecule has 2 heterocycles. The summed E-state index contributed by atoms with van der Waals surface area (Å²) in [6.45, 7) is 7.65. The lowest BCUT2D eigenvalue weighted by molar-refractivity contribution is 0.514. The van der Waals surface area contributed by atoms with E-state index < -0.39 is 0 Å². The first kappa shape index (κ1) is 15.0. The smallest absolute Gasteiger partial charge is 0.302 e. The van der Waals surface area contributed by atoms with Gasteiger partial charge in [-0.25, -0.2) is 4.67 Å². The summed E-state index contributed by atoms with van der Waals surface area (Å²) < 4.78 is 4.99. The minimum atomic E-state index is 1.03. The molecule has 1 aromatic rings. The number of para-hydroxylation sites is 1. The monoisotopic (exact) mass is 299 g/mol. The first-order valence-electron chi connectivity index (χ1n) is 8.39. The normalized spacial score (nSPS) is 17.9. The maximum absolute atomic E-state index is 4.99. The highest BCUT2D eigenvalue weighted by Gasteiger charge is 2.26. The minimum absolute atomic E-state index is 1.03. The summed E-state index contributed by atoms with van der Waals surface area (Å²) in [5.74, 6) is 2.24. The zero-order chi connectivity index (χ0) is 15.5. The van der Waals surface area contributed by atoms with E-state index in [1.54, 1.807) is 0 Å². The van der Waals surface area contributed by atoms with Crippen molar-refractivity contribution in [3.63, 3.8) is 0 Å². The van der Waals surface area contributed by atoms with Crippen LogP contribution in [0.1, 0.15) is 36.8 Å². The van der Waals surface area contributed by atoms with Crippen LogP contribution in [0.2, 0.25) is 0 Å². The van der Waals surface area contributed by atoms with Gasteiger partial charge < -0.3 is 4.90 Å². The van der Waals surface area contributed by atoms with Crippen LogP contribution in [0.3, 0.4) is 0 Å². The summed E-state index contributed by atoms with van der Waals surface area (Å²) in [7, 11) is 2.15. The van der Waals surface area contributed by atoms with E-state index >= 15 is 0 Å². The fourth-order valence-electron chi connectivity index (χ4n) is 3.29. The Bertz CT molecular complexity index is 587. The van der Waals surface area contributed by atoms with E-state index in [1.807, 2.05) is 0 Å². The fraction of sp³-hybridized carbons (Fsp3) is 0.556. The van der Waals surface area contributed by atoms with Gasteiger partial charge in [-0.2, -0.15) is 0 Å². The molecule has 0 amide bonds. The number of amidine groups is 1. The third-order valence-electron chi connectivity index (χ3n) is 4.69. The highest BCUT2D eigenvalue weighted by atomic mass is 15.3. The Morgan fingerprint density at radius 3 is 2.32 bits per heavy atom. The van der Waals surface area contributed by atoms with Gasteiger partial charge in [0, 0.05) is 13.5 Å². The van der Waals surface area contributed by atoms with Crippen molar-refractivity contribution in [3.8, 4) is 0 Å². The largest absolute Gasteiger partial charge is 0.401 e. The Labute approximate surface area is 133 Å². The van der Waals surface area contributed by atoms with Crippen molar-refractivity contribution in [1.29, 1.82) is 0 Å². The SMILES string of the molecule is Cc1cccc(C)c1NC(=[N+]=C1CCCN1C)N1CCCC1. The van der Waals surface area contributed by atoms with Gasteiger partial charge in [0.15, 0.2) is 0 Å². The number of anilines is 1. The van der Waals surface area contributed by atoms with E-state index in [4.69, 9.17) is 4.67 Å². The summed E-state index contributed by atoms with van der Waals surface area (Å²) >= 11 is 0. The molecule has 22 heavy (non-hydrogen) atoms. The lowest BCUT2D eigenvalue weighted by Gasteiger charge is -2.15. The fourth-order valence-corrected chi connectivity index (χ4v) is 3.29. The van der Waals surface area contributed by atoms with Crippen molar-refractivity contribution in [2.45, 2.75) is 39.5 Å². The number of nitrogens with zero attached hydrogens (tertiary/aromatic N) is 3. The van der Waals surface area contributed by atoms with Crippen LogP contribution in [-0.2, 0) is 0 Å². The minimum Gasteiger partial charge on any atom is -0.302 e. The number of hydrogen-bond acceptors (Lipinski definition) is 0. The van der Waals surface area contributed by atoms with Crippen LogP contribution in [0, 0.1) is 13.8 Å². The summed E-state index contributed by atoms with van der Waals surface area (Å²) in [4.78, 5) is 4.67. The van der Waals surface area contributed by atoms with Gasteiger partial charge in [-0.15, -0.1) is 0 Å². The van der Waals surface area contributed by atoms with Crippen LogP contribution in [0.15, 0.2) is 18.2 Å². The number of rotatable bonds is 1. The highest BCUT2D eigenvalue weighted by Crippen LogP contribution is 2.20. The van der Waals surface area contributed by atoms with Crippen LogP contribution in [0.4, 0.5) is 5.69 Å². The molecule has 2 aliphatic heterocycles. The first-order chi connectivity index (χ1) is 10.6. The number of aryl methyl sites for hydroxylation is 2. The molecule has 2 fully saturated rings. The first-order valence-corrected chi connectivity index (χ1v) is 8.39. The van der Waals surface area contributed by atoms with Crippen molar-refractivity contribution in [2.75, 3.05) is 32.0 Å². The maximum atomic E-state index is 4.99. The van der Waals surface area contributed by atoms with E-state index in [9.17, 15) is 0 Å². The average Bonchev–Trinajstić information content (AvgIpc) is 3.14. The Morgan fingerprint density at radius 2 is 1.73 bits per heavy atom. The van der Waals surface area contributed by atoms with Crippen LogP contribution >= 0.6 is 0 Å². The van der Waals surface area contributed by atoms with Gasteiger partial charge >= 0.3 is 5.96 Å². The summed E-state index contributed by atoms with van der Waals surface area (Å²) in [6.07, 6.45) is 4.82. The Kier molecular flexibility index (Phi) is 4.39. The maximum Gasteiger partial charge on any atom is 0.401 e. The van der Waals surface area contributed by atoms with Crippen molar-refractivity contribution in [1.82, 2.24) is 14.5 Å². The molecule has 0 unspecified atom stereocenters. The van der Waals surface area contributed by atoms with Crippen LogP contribution in [0.5, 0.6) is 0 Å². The molecule has 0 saturated carbocycles. The molecule has 0 atom stereocenters. The Morgan fingerprint density at radius 1 is 1.05 bits per heavy atom. The van der Waals surface area contributed by atoms with Gasteiger partial charge in [-0.3, -0.25) is 10.2 Å². The second kappa shape index (κ2) is 6.45. The van der Waals surface area contributed by atoms with Crippen LogP contribution in [-0.4, -0.2) is 48.3 Å². The predicted octanol–water partition coefficient (Wildman–Crippen LogP) is 2.36. The van der Waals surface area contributed by atoms with E-state index in [0.29, 0.717) is 0 Å². The van der Waals surface area contributed by atoms with Gasteiger partial charge in [-0.05, 0) is 44.2 Å². The molecule has 4 nitrogen and oxygen atoms in total. The van der Waals surface area contributed by atoms with Gasteiger partial charge in [0.1, 0.15) is 0 Å². The highest BCUT2D eigenvalue weighted by molar-refractivity contribution is 5.98. The second-order valence-corrected chi connectivity index (χ2v) is 6.46. The average molecular weight is 299 g/mol. The third kappa shape index (κ3) is 3.12. The molecule has 0 spiro atoms. The molecule has 1 aromatic carbocycles. The predicted molar refractivity (Wildman–Crippen MR) is 94.4 cm³/mol. The van der Waals surface area contributed by atoms with E-state index in [0.717, 1.165) is 32.0 Å². The molecule has 1 N–H and O–H groups in total. The molecule has 0 radical (unpaired) electrons. The number of benzene rings is 1. The second-order valence-electron chi connectivity index (χ2n) is 6.46. The van der Waals surface area contributed by atoms with Crippen LogP contribution < -0.4 is 9.98 Å². The number of hydrogen-bond donors (Lipinski definition) is 1. The van der Waals surface area contributed by atoms with Gasteiger partial charge in [0.05, 0.1) is 25.3 Å². The molecule has 3 rings (SSSR count). The van der Waals surface area contributed by atoms with E-state index in [-0.39, 0.29) is 0 Å². The number of guanidine groups is 1. The van der Waals surface area contributed by atoms with Gasteiger partial charge in [-0.1, -0.05) is 18.2 Å². The number of nitrogens with one attached hydrogen (secondary N) is 1. The molecule has 0 bridgehead atoms. The molecular formula is C18H27N4+. The van der Waals surface area contributed by atoms with E-state index in [1.165, 1.54) is 41.9 Å². The molecular weight excluding hydrogens is 272 g/mol. The molecule has 4 heteroatoms. The van der Waals surface area contributed by atoms with Crippen molar-refractivity contribution >= 4 is 17.5 Å². The van der Waals surface area contributed by atoms with Gasteiger partial charge in [0.25, 0.3) is 5.84 Å². The molecule has 0 aromatic heterocycles. The quantitative estimate of drug-likeness (QED) is 0.491. The van der Waals surface area contributed by atoms with Crippen molar-refractivity contribution in [3.05, 3.63) is 29.3 Å². The summed E-state index contributed by atoms with van der Waals surface area (Å²) in [5.41, 5.74) is 3.75. The van der Waals surface area contributed by atoms with Gasteiger partial charge in [0.2, 0.25) is 0 Å². The standard InChI is InChI=1S/C18H26N4/c1-14-8-6-9-15(2)17(14)20-18(22-12-4-5-13-22)19-16-10-7-11-21(16)3/h6,8-9H,4-5,7,10-13H2,1-3H3/p+1. The van der Waals surface area contributed by atoms with E-state index in [2.05, 4.69) is 54.2 Å². The van der Waals surface area contributed by atoms with Crippen molar-refractivity contribution < 1.29 is 0 Å². The summed E-state index contributed by atoms with van der Waals surface area (Å²) in [5, 5.41) is 3.63. The third-order valence-corrected chi connectivity index (χ3v) is 4.69. The Hall–Kier alpha value is -1.93. The topological polar surface area (TPSA) is 32.6 Å². The summed E-state index contributed by atoms with van der Waals surface area (Å²) in [6, 6.07) is 6.43. The zero-order valence-electron chi connectivity index (χ0n) is 14.0. The molecule has 0 aliphatic carbocycles. The van der Waals surface area contributed by atoms with Crippen LogP contribution in [0.25, 0.3) is 0 Å². The zero-order valence-corrected chi connectivity index (χ0v) is 14.0. The molecule has 118 valence electrons. The molecule has 2 aliphatic rings. The lowest BCUT2D eigenvalue weighted by Crippen LogP contribution is -2.38.